The predicted octanol–water partition coefficient (Wildman–Crippen LogP) is 2.58. The number of fused-ring (bicyclic) bond motifs is 1. The van der Waals surface area contributed by atoms with Crippen LogP contribution in [0.5, 0.6) is 0 Å². The van der Waals surface area contributed by atoms with Gasteiger partial charge in [0.15, 0.2) is 5.65 Å². The zero-order valence-corrected chi connectivity index (χ0v) is 20.8. The number of aromatic nitrogens is 2. The first-order valence-corrected chi connectivity index (χ1v) is 12.7. The molecule has 3 aromatic rings. The number of imide groups is 1. The Morgan fingerprint density at radius 2 is 2.00 bits per heavy atom. The lowest BCUT2D eigenvalue weighted by Crippen LogP contribution is -2.30. The van der Waals surface area contributed by atoms with Crippen LogP contribution in [0.15, 0.2) is 36.7 Å². The normalized spacial score (nSPS) is 16.4. The van der Waals surface area contributed by atoms with Crippen LogP contribution in [0.1, 0.15) is 35.6 Å². The van der Waals surface area contributed by atoms with Gasteiger partial charge in [-0.1, -0.05) is 11.1 Å². The first-order chi connectivity index (χ1) is 18.0. The van der Waals surface area contributed by atoms with Gasteiger partial charge in [0.05, 0.1) is 28.5 Å². The third kappa shape index (κ3) is 4.68. The highest BCUT2D eigenvalue weighted by Gasteiger charge is 2.36. The molecule has 4 amide bonds. The fourth-order valence-corrected chi connectivity index (χ4v) is 4.92. The molecule has 14 nitrogen and oxygen atoms in total. The van der Waals surface area contributed by atoms with E-state index in [-0.39, 0.29) is 30.2 Å². The van der Waals surface area contributed by atoms with Crippen molar-refractivity contribution in [1.29, 1.82) is 0 Å². The van der Waals surface area contributed by atoms with Gasteiger partial charge in [0.2, 0.25) is 5.91 Å². The van der Waals surface area contributed by atoms with E-state index in [1.165, 1.54) is 24.1 Å². The second-order valence-corrected chi connectivity index (χ2v) is 10.0. The van der Waals surface area contributed by atoms with Gasteiger partial charge in [-0.3, -0.25) is 33.8 Å². The van der Waals surface area contributed by atoms with Crippen molar-refractivity contribution in [2.24, 2.45) is 0 Å². The SMILES string of the molecule is CN1C(=O)CN(c2cc(C3CC3)cn3cc(CN(C(=O)O)c4ccc(CS(=O)[O-])c([N+](=O)[O-])c4)nc23)C1=O. The molecule has 5 rings (SSSR count). The Morgan fingerprint density at radius 1 is 1.26 bits per heavy atom. The van der Waals surface area contributed by atoms with E-state index < -0.39 is 39.6 Å². The lowest BCUT2D eigenvalue weighted by molar-refractivity contribution is -0.385. The molecular formula is C23H21N6O8S-. The molecule has 198 valence electrons. The van der Waals surface area contributed by atoms with Gasteiger partial charge in [-0.2, -0.15) is 0 Å². The first-order valence-electron chi connectivity index (χ1n) is 11.5. The fraction of sp³-hybridized carbons (Fsp3) is 0.304. The van der Waals surface area contributed by atoms with E-state index >= 15 is 0 Å². The van der Waals surface area contributed by atoms with E-state index in [0.29, 0.717) is 22.9 Å². The minimum Gasteiger partial charge on any atom is -0.772 e. The molecule has 1 unspecified atom stereocenters. The van der Waals surface area contributed by atoms with Gasteiger partial charge in [-0.15, -0.1) is 0 Å². The van der Waals surface area contributed by atoms with Gasteiger partial charge in [-0.05, 0) is 42.5 Å². The number of pyridine rings is 1. The molecule has 0 spiro atoms. The molecule has 2 fully saturated rings. The Labute approximate surface area is 217 Å². The first kappa shape index (κ1) is 25.3. The van der Waals surface area contributed by atoms with Crippen LogP contribution in [-0.2, 0) is 28.2 Å². The van der Waals surface area contributed by atoms with Crippen molar-refractivity contribution in [2.75, 3.05) is 23.4 Å². The topological polar surface area (TPSA) is 182 Å². The van der Waals surface area contributed by atoms with Gasteiger partial charge < -0.3 is 14.1 Å². The number of carbonyl (C=O) groups is 3. The second-order valence-electron chi connectivity index (χ2n) is 9.10. The highest BCUT2D eigenvalue weighted by Crippen LogP contribution is 2.42. The number of hydrogen-bond acceptors (Lipinski definition) is 8. The molecule has 1 N–H and O–H groups in total. The van der Waals surface area contributed by atoms with E-state index in [1.807, 2.05) is 12.3 Å². The Balaban J connectivity index is 1.53. The van der Waals surface area contributed by atoms with Crippen LogP contribution in [-0.4, -0.2) is 64.7 Å². The number of benzene rings is 1. The number of nitro benzene ring substituents is 1. The Morgan fingerprint density at radius 3 is 2.58 bits per heavy atom. The van der Waals surface area contributed by atoms with Crippen LogP contribution in [0.4, 0.5) is 26.7 Å². The highest BCUT2D eigenvalue weighted by molar-refractivity contribution is 7.78. The van der Waals surface area contributed by atoms with Crippen LogP contribution >= 0.6 is 0 Å². The second kappa shape index (κ2) is 9.50. The number of carbonyl (C=O) groups excluding carboxylic acids is 2. The van der Waals surface area contributed by atoms with Crippen molar-refractivity contribution < 1.29 is 33.2 Å². The van der Waals surface area contributed by atoms with Gasteiger partial charge in [0.1, 0.15) is 6.54 Å². The molecule has 15 heteroatoms. The van der Waals surface area contributed by atoms with Crippen molar-refractivity contribution in [3.05, 3.63) is 63.6 Å². The van der Waals surface area contributed by atoms with Gasteiger partial charge in [0.25, 0.3) is 5.69 Å². The maximum atomic E-state index is 12.7. The molecule has 1 aromatic carbocycles. The number of urea groups is 1. The Hall–Kier alpha value is -4.37. The smallest absolute Gasteiger partial charge is 0.412 e. The zero-order valence-electron chi connectivity index (χ0n) is 20.0. The van der Waals surface area contributed by atoms with Crippen LogP contribution < -0.4 is 9.80 Å². The van der Waals surface area contributed by atoms with Crippen molar-refractivity contribution in [1.82, 2.24) is 14.3 Å². The Bertz CT molecular complexity index is 1530. The van der Waals surface area contributed by atoms with Crippen molar-refractivity contribution >= 4 is 51.8 Å². The van der Waals surface area contributed by atoms with E-state index in [2.05, 4.69) is 4.98 Å². The number of carboxylic acid groups (broad SMARTS) is 1. The molecule has 1 aliphatic carbocycles. The summed E-state index contributed by atoms with van der Waals surface area (Å²) >= 11 is -2.57. The standard InChI is InChI=1S/C23H22N6O8S/c1-25-20(30)11-28(22(25)31)19-6-15(13-2-3-13)8-26-9-16(24-21(19)26)10-27(23(32)33)17-5-4-14(12-38(36)37)18(7-17)29(34)35/h4-9,13H,2-3,10-12H2,1H3,(H,32,33)(H,36,37)/p-1. The number of amides is 4. The van der Waals surface area contributed by atoms with Crippen LogP contribution in [0.3, 0.4) is 0 Å². The van der Waals surface area contributed by atoms with E-state index in [9.17, 15) is 38.4 Å². The number of rotatable bonds is 8. The lowest BCUT2D eigenvalue weighted by atomic mass is 10.1. The summed E-state index contributed by atoms with van der Waals surface area (Å²) < 4.78 is 23.8. The Kier molecular flexibility index (Phi) is 6.32. The number of nitro groups is 1. The predicted molar refractivity (Wildman–Crippen MR) is 133 cm³/mol. The van der Waals surface area contributed by atoms with Crippen molar-refractivity contribution in [2.45, 2.75) is 31.1 Å². The summed E-state index contributed by atoms with van der Waals surface area (Å²) in [4.78, 5) is 55.5. The minimum absolute atomic E-state index is 0.0393. The summed E-state index contributed by atoms with van der Waals surface area (Å²) in [5.74, 6) is -0.636. The quantitative estimate of drug-likeness (QED) is 0.194. The minimum atomic E-state index is -2.57. The van der Waals surface area contributed by atoms with Crippen LogP contribution in [0.25, 0.3) is 5.65 Å². The zero-order chi connectivity index (χ0) is 27.3. The summed E-state index contributed by atoms with van der Waals surface area (Å²) in [5.41, 5.74) is 1.40. The number of anilines is 2. The third-order valence-corrected chi connectivity index (χ3v) is 7.08. The molecule has 0 bridgehead atoms. The van der Waals surface area contributed by atoms with Crippen molar-refractivity contribution in [3.63, 3.8) is 0 Å². The lowest BCUT2D eigenvalue weighted by Gasteiger charge is -2.19. The van der Waals surface area contributed by atoms with E-state index in [0.717, 1.165) is 34.3 Å². The molecule has 3 heterocycles. The summed E-state index contributed by atoms with van der Waals surface area (Å²) in [6, 6.07) is 4.83. The monoisotopic (exact) mass is 541 g/mol. The average Bonchev–Trinajstić information content (AvgIpc) is 3.58. The summed E-state index contributed by atoms with van der Waals surface area (Å²) in [5, 5.41) is 21.4. The number of nitrogens with zero attached hydrogens (tertiary/aromatic N) is 6. The number of imidazole rings is 1. The molecule has 1 saturated carbocycles. The third-order valence-electron chi connectivity index (χ3n) is 6.53. The molecule has 1 saturated heterocycles. The molecular weight excluding hydrogens is 520 g/mol. The highest BCUT2D eigenvalue weighted by atomic mass is 32.2. The van der Waals surface area contributed by atoms with Crippen molar-refractivity contribution in [3.8, 4) is 0 Å². The molecule has 2 aliphatic rings. The fourth-order valence-electron chi connectivity index (χ4n) is 4.42. The maximum Gasteiger partial charge on any atom is 0.412 e. The van der Waals surface area contributed by atoms with Gasteiger partial charge >= 0.3 is 12.1 Å². The van der Waals surface area contributed by atoms with Gasteiger partial charge in [0, 0.05) is 36.8 Å². The number of hydrogen-bond donors (Lipinski definition) is 1. The van der Waals surface area contributed by atoms with Crippen LogP contribution in [0, 0.1) is 10.1 Å². The largest absolute Gasteiger partial charge is 0.772 e. The molecule has 1 atom stereocenters. The summed E-state index contributed by atoms with van der Waals surface area (Å²) in [6.45, 7) is -0.432. The molecule has 1 aliphatic heterocycles. The molecule has 2 aromatic heterocycles. The average molecular weight is 542 g/mol. The summed E-state index contributed by atoms with van der Waals surface area (Å²) in [6.07, 6.45) is 4.03. The van der Waals surface area contributed by atoms with Gasteiger partial charge in [-0.25, -0.2) is 14.6 Å². The van der Waals surface area contributed by atoms with E-state index in [1.54, 1.807) is 10.6 Å². The van der Waals surface area contributed by atoms with E-state index in [4.69, 9.17) is 0 Å². The molecule has 0 radical (unpaired) electrons. The maximum absolute atomic E-state index is 12.7. The summed E-state index contributed by atoms with van der Waals surface area (Å²) in [7, 11) is 1.40. The number of likely N-dealkylation sites (N-methyl/N-ethyl adjacent to an activating group) is 1. The van der Waals surface area contributed by atoms with Crippen LogP contribution in [0.2, 0.25) is 0 Å². The molecule has 38 heavy (non-hydrogen) atoms.